The van der Waals surface area contributed by atoms with Gasteiger partial charge >= 0.3 is 0 Å². The minimum Gasteiger partial charge on any atom is -0.357 e. The Labute approximate surface area is 176 Å². The van der Waals surface area contributed by atoms with Gasteiger partial charge in [0.2, 0.25) is 0 Å². The summed E-state index contributed by atoms with van der Waals surface area (Å²) in [6.45, 7) is 6.35. The Balaban J connectivity index is 2.22. The second-order valence-electron chi connectivity index (χ2n) is 6.28. The lowest BCUT2D eigenvalue weighted by Crippen LogP contribution is -2.29. The Kier molecular flexibility index (Phi) is 9.81. The number of unbranched alkanes of at least 4 members (excludes halogenated alkanes) is 2. The summed E-state index contributed by atoms with van der Waals surface area (Å²) in [6.07, 6.45) is 6.28. The van der Waals surface area contributed by atoms with Gasteiger partial charge < -0.3 is 4.90 Å². The van der Waals surface area contributed by atoms with Crippen LogP contribution in [-0.2, 0) is 0 Å². The van der Waals surface area contributed by atoms with Gasteiger partial charge in [-0.05, 0) is 29.9 Å². The van der Waals surface area contributed by atoms with Crippen LogP contribution in [0.3, 0.4) is 0 Å². The van der Waals surface area contributed by atoms with E-state index in [0.717, 1.165) is 58.4 Å². The lowest BCUT2D eigenvalue weighted by Gasteiger charge is -2.25. The molecule has 0 amide bonds. The summed E-state index contributed by atoms with van der Waals surface area (Å²) in [5, 5.41) is 1.93. The maximum atomic E-state index is 12.6. The fourth-order valence-corrected chi connectivity index (χ4v) is 4.54. The van der Waals surface area contributed by atoms with E-state index >= 15 is 0 Å². The van der Waals surface area contributed by atoms with Crippen molar-refractivity contribution in [2.75, 3.05) is 13.1 Å². The molecular formula is C22H27NOS3. The number of thioether (sulfide) groups is 1. The summed E-state index contributed by atoms with van der Waals surface area (Å²) in [7, 11) is 0. The number of allylic oxidation sites excluding steroid dienone is 1. The van der Waals surface area contributed by atoms with Crippen molar-refractivity contribution < 1.29 is 4.79 Å². The maximum Gasteiger partial charge on any atom is 0.196 e. The van der Waals surface area contributed by atoms with Gasteiger partial charge in [0, 0.05) is 24.1 Å². The summed E-state index contributed by atoms with van der Waals surface area (Å²) in [5.41, 5.74) is 1.03. The monoisotopic (exact) mass is 417 g/mol. The highest BCUT2D eigenvalue weighted by molar-refractivity contribution is 8.29. The van der Waals surface area contributed by atoms with Gasteiger partial charge in [0.25, 0.3) is 0 Å². The van der Waals surface area contributed by atoms with Gasteiger partial charge in [-0.15, -0.1) is 11.3 Å². The third-order valence-electron chi connectivity index (χ3n) is 4.10. The molecule has 2 aromatic rings. The van der Waals surface area contributed by atoms with Crippen molar-refractivity contribution >= 4 is 50.3 Å². The van der Waals surface area contributed by atoms with Crippen LogP contribution in [0.5, 0.6) is 0 Å². The molecule has 1 aromatic carbocycles. The van der Waals surface area contributed by atoms with Crippen LogP contribution in [0.25, 0.3) is 4.91 Å². The van der Waals surface area contributed by atoms with Crippen LogP contribution in [0.4, 0.5) is 0 Å². The van der Waals surface area contributed by atoms with E-state index in [9.17, 15) is 4.79 Å². The topological polar surface area (TPSA) is 20.3 Å². The van der Waals surface area contributed by atoms with Crippen molar-refractivity contribution in [3.05, 3.63) is 64.4 Å². The average Bonchev–Trinajstić information content (AvgIpc) is 3.23. The van der Waals surface area contributed by atoms with Gasteiger partial charge in [0.15, 0.2) is 5.78 Å². The maximum absolute atomic E-state index is 12.6. The number of thiocarbonyl (C=S) groups is 1. The lowest BCUT2D eigenvalue weighted by atomic mass is 10.2. The molecule has 0 saturated carbocycles. The zero-order valence-electron chi connectivity index (χ0n) is 16.0. The minimum atomic E-state index is 0.0350. The first-order valence-corrected chi connectivity index (χ1v) is 11.6. The van der Waals surface area contributed by atoms with E-state index in [0.29, 0.717) is 0 Å². The number of carbonyl (C=O) groups is 1. The van der Waals surface area contributed by atoms with Crippen LogP contribution < -0.4 is 0 Å². The number of hydrogen-bond donors (Lipinski definition) is 0. The van der Waals surface area contributed by atoms with Crippen molar-refractivity contribution in [2.24, 2.45) is 0 Å². The lowest BCUT2D eigenvalue weighted by molar-refractivity contribution is 0.105. The Morgan fingerprint density at radius 2 is 1.74 bits per heavy atom. The predicted molar refractivity (Wildman–Crippen MR) is 125 cm³/mol. The molecule has 0 aliphatic heterocycles. The molecule has 144 valence electrons. The van der Waals surface area contributed by atoms with E-state index in [4.69, 9.17) is 12.2 Å². The van der Waals surface area contributed by atoms with Gasteiger partial charge in [-0.2, -0.15) is 0 Å². The highest BCUT2D eigenvalue weighted by Gasteiger charge is 2.15. The fourth-order valence-electron chi connectivity index (χ4n) is 2.53. The number of carbonyl (C=O) groups excluding carboxylic acids is 1. The summed E-state index contributed by atoms with van der Waals surface area (Å²) in [6, 6.07) is 13.8. The van der Waals surface area contributed by atoms with Crippen molar-refractivity contribution in [3.8, 4) is 0 Å². The number of hydrogen-bond acceptors (Lipinski definition) is 4. The van der Waals surface area contributed by atoms with Crippen molar-refractivity contribution in [1.29, 1.82) is 0 Å². The van der Waals surface area contributed by atoms with E-state index < -0.39 is 0 Å². The molecule has 5 heteroatoms. The molecule has 0 bridgehead atoms. The van der Waals surface area contributed by atoms with Crippen LogP contribution in [0, 0.1) is 0 Å². The Hall–Kier alpha value is -1.43. The molecule has 1 aromatic heterocycles. The Bertz CT molecular complexity index is 730. The fraction of sp³-hybridized carbons (Fsp3) is 0.364. The molecule has 0 atom stereocenters. The first-order chi connectivity index (χ1) is 13.2. The molecule has 0 N–H and O–H groups in total. The van der Waals surface area contributed by atoms with E-state index in [-0.39, 0.29) is 5.78 Å². The van der Waals surface area contributed by atoms with Crippen LogP contribution in [0.1, 0.15) is 54.8 Å². The molecule has 0 aliphatic rings. The zero-order valence-corrected chi connectivity index (χ0v) is 18.5. The summed E-state index contributed by atoms with van der Waals surface area (Å²) in [4.78, 5) is 16.6. The van der Waals surface area contributed by atoms with Crippen LogP contribution in [0.15, 0.2) is 53.9 Å². The molecule has 0 unspecified atom stereocenters. The second kappa shape index (κ2) is 12.1. The van der Waals surface area contributed by atoms with E-state index in [1.54, 1.807) is 6.08 Å². The number of thiophene rings is 1. The van der Waals surface area contributed by atoms with Gasteiger partial charge in [0.1, 0.15) is 4.32 Å². The molecule has 2 rings (SSSR count). The van der Waals surface area contributed by atoms with Crippen molar-refractivity contribution in [1.82, 2.24) is 4.90 Å². The van der Waals surface area contributed by atoms with E-state index in [1.807, 2.05) is 47.8 Å². The smallest absolute Gasteiger partial charge is 0.196 e. The van der Waals surface area contributed by atoms with Gasteiger partial charge in [-0.25, -0.2) is 0 Å². The first-order valence-electron chi connectivity index (χ1n) is 9.47. The standard InChI is InChI=1S/C22H27NOS3/c1-3-5-14-23(15-6-4-2)22(25)27-21(18-11-8-7-9-12-18)17-19(24)20-13-10-16-26-20/h7-13,16-17H,3-6,14-15H2,1-2H3. The Morgan fingerprint density at radius 1 is 1.07 bits per heavy atom. The van der Waals surface area contributed by atoms with Gasteiger partial charge in [0.05, 0.1) is 4.88 Å². The van der Waals surface area contributed by atoms with E-state index in [1.165, 1.54) is 23.1 Å². The number of rotatable bonds is 10. The highest BCUT2D eigenvalue weighted by atomic mass is 32.2. The molecule has 1 heterocycles. The van der Waals surface area contributed by atoms with Gasteiger partial charge in [-0.1, -0.05) is 87.1 Å². The average molecular weight is 418 g/mol. The molecule has 27 heavy (non-hydrogen) atoms. The van der Waals surface area contributed by atoms with Crippen LogP contribution >= 0.6 is 35.3 Å². The summed E-state index contributed by atoms with van der Waals surface area (Å²) in [5.74, 6) is 0.0350. The predicted octanol–water partition coefficient (Wildman–Crippen LogP) is 6.89. The quantitative estimate of drug-likeness (QED) is 0.238. The third-order valence-corrected chi connectivity index (χ3v) is 6.50. The molecule has 2 nitrogen and oxygen atoms in total. The molecule has 0 saturated heterocycles. The number of benzene rings is 1. The second-order valence-corrected chi connectivity index (χ2v) is 8.90. The largest absolute Gasteiger partial charge is 0.357 e. The molecule has 0 radical (unpaired) electrons. The zero-order chi connectivity index (χ0) is 19.5. The normalized spacial score (nSPS) is 11.4. The van der Waals surface area contributed by atoms with Gasteiger partial charge in [-0.3, -0.25) is 4.79 Å². The van der Waals surface area contributed by atoms with Crippen LogP contribution in [-0.4, -0.2) is 28.1 Å². The van der Waals surface area contributed by atoms with Crippen molar-refractivity contribution in [3.63, 3.8) is 0 Å². The first kappa shape index (κ1) is 21.9. The molecule has 0 fully saturated rings. The number of nitrogens with zero attached hydrogens (tertiary/aromatic N) is 1. The Morgan fingerprint density at radius 3 is 2.30 bits per heavy atom. The minimum absolute atomic E-state index is 0.0350. The number of ketones is 1. The third kappa shape index (κ3) is 7.24. The SMILES string of the molecule is CCCCN(CCCC)C(=S)SC(=CC(=O)c1cccs1)c1ccccc1. The van der Waals surface area contributed by atoms with Crippen molar-refractivity contribution in [2.45, 2.75) is 39.5 Å². The molecule has 0 spiro atoms. The molecule has 0 aliphatic carbocycles. The molecular weight excluding hydrogens is 390 g/mol. The summed E-state index contributed by atoms with van der Waals surface area (Å²) < 4.78 is 0.853. The summed E-state index contributed by atoms with van der Waals surface area (Å²) >= 11 is 8.77. The highest BCUT2D eigenvalue weighted by Crippen LogP contribution is 2.31. The van der Waals surface area contributed by atoms with E-state index in [2.05, 4.69) is 18.7 Å². The van der Waals surface area contributed by atoms with Crippen LogP contribution in [0.2, 0.25) is 0 Å².